The van der Waals surface area contributed by atoms with Gasteiger partial charge in [-0.3, -0.25) is 0 Å². The monoisotopic (exact) mass is 234 g/mol. The summed E-state index contributed by atoms with van der Waals surface area (Å²) in [5, 5.41) is 17.4. The second-order valence-corrected chi connectivity index (χ2v) is 5.16. The second kappa shape index (κ2) is 7.22. The van der Waals surface area contributed by atoms with E-state index in [1.165, 1.54) is 0 Å². The van der Waals surface area contributed by atoms with E-state index < -0.39 is 0 Å². The summed E-state index contributed by atoms with van der Waals surface area (Å²) in [6.45, 7) is 8.85. The lowest BCUT2D eigenvalue weighted by Crippen LogP contribution is -2.32. The van der Waals surface area contributed by atoms with Crippen LogP contribution in [0.3, 0.4) is 0 Å². The Kier molecular flexibility index (Phi) is 7.15. The summed E-state index contributed by atoms with van der Waals surface area (Å²) in [5.41, 5.74) is -0.495. The highest BCUT2D eigenvalue weighted by Crippen LogP contribution is 2.24. The number of ether oxygens (including phenoxy) is 2. The molecule has 0 rings (SSSR count). The topological polar surface area (TPSA) is 58.9 Å². The van der Waals surface area contributed by atoms with E-state index in [2.05, 4.69) is 0 Å². The van der Waals surface area contributed by atoms with Gasteiger partial charge in [0.05, 0.1) is 37.6 Å². The van der Waals surface area contributed by atoms with E-state index in [4.69, 9.17) is 19.7 Å². The van der Waals surface area contributed by atoms with Crippen molar-refractivity contribution in [2.45, 2.75) is 51.7 Å². The summed E-state index contributed by atoms with van der Waals surface area (Å²) < 4.78 is 11.0. The molecular formula is C12H26O4. The molecule has 0 saturated heterocycles. The average Bonchev–Trinajstić information content (AvgIpc) is 2.22. The molecule has 0 aliphatic heterocycles. The quantitative estimate of drug-likeness (QED) is 0.632. The molecule has 0 fully saturated rings. The smallest absolute Gasteiger partial charge is 0.0704 e. The van der Waals surface area contributed by atoms with Crippen LogP contribution in [0.1, 0.15) is 40.5 Å². The molecule has 98 valence electrons. The van der Waals surface area contributed by atoms with Crippen molar-refractivity contribution in [3.8, 4) is 0 Å². The zero-order chi connectivity index (χ0) is 12.7. The number of aliphatic hydroxyl groups excluding tert-OH is 2. The van der Waals surface area contributed by atoms with Gasteiger partial charge in [-0.05, 0) is 40.5 Å². The van der Waals surface area contributed by atoms with Gasteiger partial charge in [-0.2, -0.15) is 0 Å². The first-order valence-electron chi connectivity index (χ1n) is 5.83. The van der Waals surface area contributed by atoms with Gasteiger partial charge in [0.2, 0.25) is 0 Å². The molecule has 0 aliphatic carbocycles. The van der Waals surface area contributed by atoms with Gasteiger partial charge < -0.3 is 19.7 Å². The minimum absolute atomic E-state index is 0.0494. The maximum atomic E-state index is 8.70. The van der Waals surface area contributed by atoms with Crippen molar-refractivity contribution < 1.29 is 19.7 Å². The SMILES string of the molecule is CC(C)(CCC(C)(C)OCCO)OCCO. The highest BCUT2D eigenvalue weighted by Gasteiger charge is 2.25. The Morgan fingerprint density at radius 2 is 1.06 bits per heavy atom. The summed E-state index contributed by atoms with van der Waals surface area (Å²) in [7, 11) is 0. The van der Waals surface area contributed by atoms with Crippen molar-refractivity contribution >= 4 is 0 Å². The highest BCUT2D eigenvalue weighted by molar-refractivity contribution is 4.76. The van der Waals surface area contributed by atoms with E-state index in [9.17, 15) is 0 Å². The molecule has 0 aliphatic rings. The fourth-order valence-electron chi connectivity index (χ4n) is 1.39. The standard InChI is InChI=1S/C12H26O4/c1-11(2,15-9-7-13)5-6-12(3,4)16-10-8-14/h13-14H,5-10H2,1-4H3. The Hall–Kier alpha value is -0.160. The van der Waals surface area contributed by atoms with Crippen LogP contribution in [0.5, 0.6) is 0 Å². The van der Waals surface area contributed by atoms with Crippen LogP contribution in [0, 0.1) is 0 Å². The van der Waals surface area contributed by atoms with E-state index in [1.54, 1.807) is 0 Å². The van der Waals surface area contributed by atoms with Crippen molar-refractivity contribution in [3.05, 3.63) is 0 Å². The van der Waals surface area contributed by atoms with Gasteiger partial charge in [-0.25, -0.2) is 0 Å². The lowest BCUT2D eigenvalue weighted by molar-refractivity contribution is -0.0747. The molecule has 0 unspecified atom stereocenters. The number of hydrogen-bond donors (Lipinski definition) is 2. The Bertz CT molecular complexity index is 158. The first-order valence-corrected chi connectivity index (χ1v) is 5.83. The van der Waals surface area contributed by atoms with E-state index in [1.807, 2.05) is 27.7 Å². The van der Waals surface area contributed by atoms with Gasteiger partial charge in [0, 0.05) is 0 Å². The fourth-order valence-corrected chi connectivity index (χ4v) is 1.39. The molecule has 0 radical (unpaired) electrons. The molecule has 4 heteroatoms. The van der Waals surface area contributed by atoms with Crippen molar-refractivity contribution in [1.82, 2.24) is 0 Å². The number of rotatable bonds is 9. The summed E-state index contributed by atoms with van der Waals surface area (Å²) in [6, 6.07) is 0. The number of aliphatic hydroxyl groups is 2. The third-order valence-electron chi connectivity index (χ3n) is 2.50. The zero-order valence-electron chi connectivity index (χ0n) is 11.0. The maximum absolute atomic E-state index is 8.70. The van der Waals surface area contributed by atoms with Crippen LogP contribution in [0.25, 0.3) is 0 Å². The molecule has 4 nitrogen and oxygen atoms in total. The molecule has 0 atom stereocenters. The van der Waals surface area contributed by atoms with E-state index in [-0.39, 0.29) is 24.4 Å². The van der Waals surface area contributed by atoms with Gasteiger partial charge in [0.15, 0.2) is 0 Å². The van der Waals surface area contributed by atoms with Crippen LogP contribution in [0.4, 0.5) is 0 Å². The minimum Gasteiger partial charge on any atom is -0.394 e. The summed E-state index contributed by atoms with van der Waals surface area (Å²) in [4.78, 5) is 0. The Morgan fingerprint density at radius 3 is 1.31 bits per heavy atom. The lowest BCUT2D eigenvalue weighted by Gasteiger charge is -2.31. The van der Waals surface area contributed by atoms with E-state index in [0.717, 1.165) is 12.8 Å². The molecule has 16 heavy (non-hydrogen) atoms. The largest absolute Gasteiger partial charge is 0.394 e. The van der Waals surface area contributed by atoms with Crippen LogP contribution in [-0.2, 0) is 9.47 Å². The molecule has 2 N–H and O–H groups in total. The molecule has 0 bridgehead atoms. The van der Waals surface area contributed by atoms with Crippen molar-refractivity contribution in [2.24, 2.45) is 0 Å². The molecule has 0 aromatic rings. The third-order valence-corrected chi connectivity index (χ3v) is 2.50. The molecular weight excluding hydrogens is 208 g/mol. The minimum atomic E-state index is -0.247. The maximum Gasteiger partial charge on any atom is 0.0704 e. The molecule has 0 saturated carbocycles. The third kappa shape index (κ3) is 8.05. The van der Waals surface area contributed by atoms with Gasteiger partial charge in [-0.1, -0.05) is 0 Å². The lowest BCUT2D eigenvalue weighted by atomic mass is 9.94. The molecule has 0 spiro atoms. The first-order chi connectivity index (χ1) is 7.33. The van der Waals surface area contributed by atoms with Crippen LogP contribution >= 0.6 is 0 Å². The van der Waals surface area contributed by atoms with Gasteiger partial charge in [0.1, 0.15) is 0 Å². The molecule has 0 aromatic carbocycles. The van der Waals surface area contributed by atoms with Crippen LogP contribution < -0.4 is 0 Å². The van der Waals surface area contributed by atoms with Gasteiger partial charge in [-0.15, -0.1) is 0 Å². The summed E-state index contributed by atoms with van der Waals surface area (Å²) in [6.07, 6.45) is 1.71. The Labute approximate surface area is 98.6 Å². The van der Waals surface area contributed by atoms with Crippen molar-refractivity contribution in [3.63, 3.8) is 0 Å². The van der Waals surface area contributed by atoms with Crippen molar-refractivity contribution in [1.29, 1.82) is 0 Å². The highest BCUT2D eigenvalue weighted by atomic mass is 16.5. The predicted molar refractivity (Wildman–Crippen MR) is 63.5 cm³/mol. The Balaban J connectivity index is 3.91. The zero-order valence-corrected chi connectivity index (χ0v) is 11.0. The van der Waals surface area contributed by atoms with Gasteiger partial charge >= 0.3 is 0 Å². The molecule has 0 heterocycles. The van der Waals surface area contributed by atoms with Crippen LogP contribution in [-0.4, -0.2) is 47.8 Å². The van der Waals surface area contributed by atoms with E-state index in [0.29, 0.717) is 13.2 Å². The second-order valence-electron chi connectivity index (χ2n) is 5.16. The normalized spacial score (nSPS) is 13.1. The predicted octanol–water partition coefficient (Wildman–Crippen LogP) is 1.34. The first kappa shape index (κ1) is 15.8. The van der Waals surface area contributed by atoms with Crippen LogP contribution in [0.15, 0.2) is 0 Å². The van der Waals surface area contributed by atoms with Crippen LogP contribution in [0.2, 0.25) is 0 Å². The number of hydrogen-bond acceptors (Lipinski definition) is 4. The summed E-state index contributed by atoms with van der Waals surface area (Å²) in [5.74, 6) is 0. The average molecular weight is 234 g/mol. The molecule has 0 aromatic heterocycles. The Morgan fingerprint density at radius 1 is 0.750 bits per heavy atom. The fraction of sp³-hybridized carbons (Fsp3) is 1.00. The van der Waals surface area contributed by atoms with E-state index >= 15 is 0 Å². The van der Waals surface area contributed by atoms with Crippen molar-refractivity contribution in [2.75, 3.05) is 26.4 Å². The van der Waals surface area contributed by atoms with Gasteiger partial charge in [0.25, 0.3) is 0 Å². The molecule has 0 amide bonds. The summed E-state index contributed by atoms with van der Waals surface area (Å²) >= 11 is 0.